The van der Waals surface area contributed by atoms with Gasteiger partial charge in [-0.3, -0.25) is 4.79 Å². The number of hydrogen-bond donors (Lipinski definition) is 2. The first kappa shape index (κ1) is 11.7. The summed E-state index contributed by atoms with van der Waals surface area (Å²) in [4.78, 5) is 10.7. The van der Waals surface area contributed by atoms with Crippen LogP contribution in [0.4, 0.5) is 0 Å². The van der Waals surface area contributed by atoms with Gasteiger partial charge in [-0.25, -0.2) is 0 Å². The molecule has 1 aliphatic rings. The van der Waals surface area contributed by atoms with Crippen LogP contribution in [-0.2, 0) is 4.79 Å². The molecule has 0 unspecified atom stereocenters. The lowest BCUT2D eigenvalue weighted by Gasteiger charge is -2.41. The second-order valence-corrected chi connectivity index (χ2v) is 5.16. The number of hydrogen-bond acceptors (Lipinski definition) is 3. The van der Waals surface area contributed by atoms with Crippen molar-refractivity contribution in [3.8, 4) is 5.75 Å². The zero-order chi connectivity index (χ0) is 11.6. The van der Waals surface area contributed by atoms with Crippen LogP contribution in [0.2, 0.25) is 0 Å². The first-order valence-corrected chi connectivity index (χ1v) is 6.05. The Balaban J connectivity index is 2.06. The van der Waals surface area contributed by atoms with Gasteiger partial charge in [0.15, 0.2) is 0 Å². The van der Waals surface area contributed by atoms with Crippen LogP contribution in [0, 0.1) is 3.57 Å². The predicted molar refractivity (Wildman–Crippen MR) is 67.6 cm³/mol. The molecule has 0 saturated carbocycles. The molecular formula is C11H12INO3. The van der Waals surface area contributed by atoms with Crippen LogP contribution >= 0.6 is 22.6 Å². The molecule has 16 heavy (non-hydrogen) atoms. The van der Waals surface area contributed by atoms with Crippen LogP contribution in [0.15, 0.2) is 24.3 Å². The number of carboxylic acid groups (broad SMARTS) is 1. The van der Waals surface area contributed by atoms with Gasteiger partial charge < -0.3 is 15.2 Å². The summed E-state index contributed by atoms with van der Waals surface area (Å²) in [7, 11) is 0. The number of halogens is 1. The van der Waals surface area contributed by atoms with E-state index in [1.54, 1.807) is 0 Å². The largest absolute Gasteiger partial charge is 0.484 e. The molecule has 0 amide bonds. The molecule has 0 bridgehead atoms. The Morgan fingerprint density at radius 1 is 1.44 bits per heavy atom. The Morgan fingerprint density at radius 2 is 2.06 bits per heavy atom. The van der Waals surface area contributed by atoms with E-state index in [-0.39, 0.29) is 6.42 Å². The molecular weight excluding hydrogens is 321 g/mol. The second kappa shape index (κ2) is 4.58. The van der Waals surface area contributed by atoms with Crippen LogP contribution in [0.25, 0.3) is 0 Å². The highest BCUT2D eigenvalue weighted by atomic mass is 127. The lowest BCUT2D eigenvalue weighted by atomic mass is 9.92. The zero-order valence-corrected chi connectivity index (χ0v) is 10.7. The van der Waals surface area contributed by atoms with Crippen LogP contribution in [0.1, 0.15) is 6.42 Å². The molecule has 1 saturated heterocycles. The van der Waals surface area contributed by atoms with Gasteiger partial charge in [-0.1, -0.05) is 0 Å². The first-order chi connectivity index (χ1) is 7.60. The molecule has 1 aromatic carbocycles. The Kier molecular flexibility index (Phi) is 3.34. The summed E-state index contributed by atoms with van der Waals surface area (Å²) >= 11 is 2.21. The third-order valence-electron chi connectivity index (χ3n) is 2.52. The maximum Gasteiger partial charge on any atom is 0.307 e. The topological polar surface area (TPSA) is 58.6 Å². The van der Waals surface area contributed by atoms with Crippen molar-refractivity contribution >= 4 is 28.6 Å². The van der Waals surface area contributed by atoms with E-state index in [9.17, 15) is 4.79 Å². The summed E-state index contributed by atoms with van der Waals surface area (Å²) in [6, 6.07) is 7.61. The number of nitrogens with one attached hydrogen (secondary N) is 1. The molecule has 0 atom stereocenters. The van der Waals surface area contributed by atoms with Gasteiger partial charge in [0.25, 0.3) is 0 Å². The zero-order valence-electron chi connectivity index (χ0n) is 8.57. The number of ether oxygens (including phenoxy) is 1. The molecule has 0 aromatic heterocycles. The number of aliphatic carboxylic acids is 1. The lowest BCUT2D eigenvalue weighted by Crippen LogP contribution is -2.64. The summed E-state index contributed by atoms with van der Waals surface area (Å²) in [5.74, 6) is -0.102. The van der Waals surface area contributed by atoms with E-state index in [0.717, 1.165) is 9.32 Å². The molecule has 5 heteroatoms. The maximum atomic E-state index is 10.7. The van der Waals surface area contributed by atoms with Crippen molar-refractivity contribution < 1.29 is 14.6 Å². The van der Waals surface area contributed by atoms with Gasteiger partial charge in [-0.05, 0) is 46.9 Å². The molecule has 0 radical (unpaired) electrons. The fraction of sp³-hybridized carbons (Fsp3) is 0.364. The highest BCUT2D eigenvalue weighted by Gasteiger charge is 2.41. The van der Waals surface area contributed by atoms with Gasteiger partial charge in [-0.2, -0.15) is 0 Å². The SMILES string of the molecule is O=C(O)CC1(Oc2ccc(I)cc2)CNC1. The number of carbonyl (C=O) groups is 1. The van der Waals surface area contributed by atoms with Gasteiger partial charge in [0.05, 0.1) is 6.42 Å². The van der Waals surface area contributed by atoms with E-state index in [0.29, 0.717) is 13.1 Å². The standard InChI is InChI=1S/C11H12INO3/c12-8-1-3-9(4-2-8)16-11(5-10(14)15)6-13-7-11/h1-4,13H,5-7H2,(H,14,15). The van der Waals surface area contributed by atoms with E-state index in [1.807, 2.05) is 24.3 Å². The molecule has 1 aliphatic heterocycles. The van der Waals surface area contributed by atoms with E-state index >= 15 is 0 Å². The molecule has 2 rings (SSSR count). The summed E-state index contributed by atoms with van der Waals surface area (Å²) in [6.07, 6.45) is 0.0337. The van der Waals surface area contributed by atoms with Crippen molar-refractivity contribution in [1.82, 2.24) is 5.32 Å². The fourth-order valence-corrected chi connectivity index (χ4v) is 2.02. The number of rotatable bonds is 4. The molecule has 0 spiro atoms. The van der Waals surface area contributed by atoms with Gasteiger partial charge in [-0.15, -0.1) is 0 Å². The summed E-state index contributed by atoms with van der Waals surface area (Å²) in [5, 5.41) is 11.9. The number of benzene rings is 1. The normalized spacial score (nSPS) is 17.6. The molecule has 1 fully saturated rings. The highest BCUT2D eigenvalue weighted by Crippen LogP contribution is 2.25. The molecule has 86 valence electrons. The molecule has 0 aliphatic carbocycles. The van der Waals surface area contributed by atoms with Crippen LogP contribution in [0.5, 0.6) is 5.75 Å². The van der Waals surface area contributed by atoms with Crippen molar-refractivity contribution in [2.24, 2.45) is 0 Å². The van der Waals surface area contributed by atoms with Gasteiger partial charge >= 0.3 is 5.97 Å². The lowest BCUT2D eigenvalue weighted by molar-refractivity contribution is -0.143. The minimum absolute atomic E-state index is 0.0337. The molecule has 2 N–H and O–H groups in total. The van der Waals surface area contributed by atoms with Crippen LogP contribution in [-0.4, -0.2) is 29.8 Å². The molecule has 4 nitrogen and oxygen atoms in total. The second-order valence-electron chi connectivity index (χ2n) is 3.91. The van der Waals surface area contributed by atoms with Gasteiger partial charge in [0, 0.05) is 16.7 Å². The monoisotopic (exact) mass is 333 g/mol. The maximum absolute atomic E-state index is 10.7. The molecule has 1 heterocycles. The predicted octanol–water partition coefficient (Wildman–Crippen LogP) is 1.49. The van der Waals surface area contributed by atoms with E-state index in [2.05, 4.69) is 27.9 Å². The fourth-order valence-electron chi connectivity index (χ4n) is 1.67. The number of carboxylic acids is 1. The summed E-state index contributed by atoms with van der Waals surface area (Å²) < 4.78 is 6.89. The van der Waals surface area contributed by atoms with Crippen molar-refractivity contribution in [2.45, 2.75) is 12.0 Å². The summed E-state index contributed by atoms with van der Waals surface area (Å²) in [5.41, 5.74) is -0.571. The van der Waals surface area contributed by atoms with Crippen LogP contribution in [0.3, 0.4) is 0 Å². The first-order valence-electron chi connectivity index (χ1n) is 4.97. The minimum atomic E-state index is -0.827. The van der Waals surface area contributed by atoms with Gasteiger partial charge in [0.1, 0.15) is 11.4 Å². The Labute approximate surface area is 107 Å². The van der Waals surface area contributed by atoms with E-state index in [4.69, 9.17) is 9.84 Å². The molecule has 1 aromatic rings. The van der Waals surface area contributed by atoms with Crippen molar-refractivity contribution in [3.05, 3.63) is 27.8 Å². The van der Waals surface area contributed by atoms with Crippen LogP contribution < -0.4 is 10.1 Å². The highest BCUT2D eigenvalue weighted by molar-refractivity contribution is 14.1. The van der Waals surface area contributed by atoms with Crippen molar-refractivity contribution in [2.75, 3.05) is 13.1 Å². The van der Waals surface area contributed by atoms with Gasteiger partial charge in [0.2, 0.25) is 0 Å². The summed E-state index contributed by atoms with van der Waals surface area (Å²) in [6.45, 7) is 1.18. The smallest absolute Gasteiger partial charge is 0.307 e. The average Bonchev–Trinajstić information content (AvgIpc) is 2.17. The minimum Gasteiger partial charge on any atom is -0.484 e. The third kappa shape index (κ3) is 2.65. The van der Waals surface area contributed by atoms with Crippen molar-refractivity contribution in [3.63, 3.8) is 0 Å². The average molecular weight is 333 g/mol. The Bertz CT molecular complexity index is 387. The quantitative estimate of drug-likeness (QED) is 0.820. The van der Waals surface area contributed by atoms with Crippen molar-refractivity contribution in [1.29, 1.82) is 0 Å². The van der Waals surface area contributed by atoms with E-state index in [1.165, 1.54) is 0 Å². The van der Waals surface area contributed by atoms with E-state index < -0.39 is 11.6 Å². The Hall–Kier alpha value is -0.820. The Morgan fingerprint density at radius 3 is 2.50 bits per heavy atom. The third-order valence-corrected chi connectivity index (χ3v) is 3.23.